The maximum atomic E-state index is 6.37. The van der Waals surface area contributed by atoms with Crippen LogP contribution in [0, 0.1) is 0 Å². The topological polar surface area (TPSA) is 62.3 Å². The molecule has 2 rings (SSSR count). The summed E-state index contributed by atoms with van der Waals surface area (Å²) in [5.41, 5.74) is 6.99. The third-order valence-electron chi connectivity index (χ3n) is 3.57. The molecule has 0 radical (unpaired) electrons. The van der Waals surface area contributed by atoms with E-state index in [0.29, 0.717) is 0 Å². The number of nitrogens with two attached hydrogens (primary N) is 1. The molecule has 2 atom stereocenters. The van der Waals surface area contributed by atoms with Crippen molar-refractivity contribution in [1.29, 1.82) is 0 Å². The molecule has 5 nitrogen and oxygen atoms in total. The van der Waals surface area contributed by atoms with Crippen LogP contribution in [0.15, 0.2) is 6.20 Å². The molecule has 1 aliphatic heterocycles. The Labute approximate surface area is 102 Å². The summed E-state index contributed by atoms with van der Waals surface area (Å²) in [5.74, 6) is 0.746. The summed E-state index contributed by atoms with van der Waals surface area (Å²) >= 11 is 0. The summed E-state index contributed by atoms with van der Waals surface area (Å²) in [5, 5.41) is 4.29. The van der Waals surface area contributed by atoms with Crippen molar-refractivity contribution >= 4 is 0 Å². The zero-order valence-electron chi connectivity index (χ0n) is 10.8. The number of aryl methyl sites for hydroxylation is 1. The van der Waals surface area contributed by atoms with Gasteiger partial charge in [0.2, 0.25) is 0 Å². The molecule has 1 saturated heterocycles. The summed E-state index contributed by atoms with van der Waals surface area (Å²) in [6.45, 7) is 5.67. The smallest absolute Gasteiger partial charge is 0.161 e. The van der Waals surface area contributed by atoms with Gasteiger partial charge in [-0.05, 0) is 26.7 Å². The maximum absolute atomic E-state index is 6.37. The van der Waals surface area contributed by atoms with Crippen molar-refractivity contribution in [1.82, 2.24) is 9.78 Å². The van der Waals surface area contributed by atoms with Crippen LogP contribution >= 0.6 is 0 Å². The van der Waals surface area contributed by atoms with Gasteiger partial charge in [0.05, 0.1) is 30.6 Å². The molecule has 2 heterocycles. The first-order valence-electron chi connectivity index (χ1n) is 6.11. The van der Waals surface area contributed by atoms with E-state index in [9.17, 15) is 0 Å². The van der Waals surface area contributed by atoms with Gasteiger partial charge in [-0.1, -0.05) is 0 Å². The fourth-order valence-electron chi connectivity index (χ4n) is 2.44. The van der Waals surface area contributed by atoms with E-state index in [1.54, 1.807) is 13.3 Å². The van der Waals surface area contributed by atoms with Gasteiger partial charge in [0.25, 0.3) is 0 Å². The molecule has 17 heavy (non-hydrogen) atoms. The molecule has 2 unspecified atom stereocenters. The van der Waals surface area contributed by atoms with E-state index >= 15 is 0 Å². The van der Waals surface area contributed by atoms with Gasteiger partial charge >= 0.3 is 0 Å². The highest BCUT2D eigenvalue weighted by Crippen LogP contribution is 2.38. The molecule has 0 saturated carbocycles. The average molecular weight is 239 g/mol. The fraction of sp³-hybridized carbons (Fsp3) is 0.750. The summed E-state index contributed by atoms with van der Waals surface area (Å²) < 4.78 is 13.0. The van der Waals surface area contributed by atoms with Gasteiger partial charge < -0.3 is 15.2 Å². The summed E-state index contributed by atoms with van der Waals surface area (Å²) in [4.78, 5) is 0. The van der Waals surface area contributed by atoms with Crippen molar-refractivity contribution in [3.63, 3.8) is 0 Å². The van der Waals surface area contributed by atoms with Crippen molar-refractivity contribution < 1.29 is 9.47 Å². The molecular formula is C12H21N3O2. The molecule has 2 N–H and O–H groups in total. The zero-order valence-corrected chi connectivity index (χ0v) is 10.8. The molecule has 1 aliphatic rings. The molecule has 0 amide bonds. The van der Waals surface area contributed by atoms with Crippen LogP contribution in [0.3, 0.4) is 0 Å². The summed E-state index contributed by atoms with van der Waals surface area (Å²) in [6.07, 6.45) is 3.76. The molecule has 1 fully saturated rings. The number of nitrogens with zero attached hydrogens (tertiary/aromatic N) is 2. The first kappa shape index (κ1) is 12.4. The number of ether oxygens (including phenoxy) is 2. The van der Waals surface area contributed by atoms with Crippen molar-refractivity contribution in [2.75, 3.05) is 13.7 Å². The van der Waals surface area contributed by atoms with E-state index in [-0.39, 0.29) is 11.6 Å². The van der Waals surface area contributed by atoms with Crippen LogP contribution in [-0.2, 0) is 11.3 Å². The van der Waals surface area contributed by atoms with E-state index in [2.05, 4.69) is 12.0 Å². The van der Waals surface area contributed by atoms with Gasteiger partial charge in [-0.3, -0.25) is 4.68 Å². The summed E-state index contributed by atoms with van der Waals surface area (Å²) in [6, 6.07) is -0.206. The molecule has 0 bridgehead atoms. The maximum Gasteiger partial charge on any atom is 0.161 e. The first-order valence-corrected chi connectivity index (χ1v) is 6.11. The first-order chi connectivity index (χ1) is 8.12. The summed E-state index contributed by atoms with van der Waals surface area (Å²) in [7, 11) is 1.64. The molecule has 1 aromatic heterocycles. The Kier molecular flexibility index (Phi) is 3.40. The quantitative estimate of drug-likeness (QED) is 0.864. The Bertz CT molecular complexity index is 362. The average Bonchev–Trinajstić information content (AvgIpc) is 2.94. The van der Waals surface area contributed by atoms with Crippen LogP contribution in [0.1, 0.15) is 38.4 Å². The minimum atomic E-state index is -0.305. The molecule has 0 aromatic carbocycles. The molecule has 1 aromatic rings. The lowest BCUT2D eigenvalue weighted by molar-refractivity contribution is -0.00438. The van der Waals surface area contributed by atoms with Gasteiger partial charge in [0.1, 0.15) is 0 Å². The van der Waals surface area contributed by atoms with E-state index in [1.807, 2.05) is 11.6 Å². The van der Waals surface area contributed by atoms with Crippen LogP contribution in [0.5, 0.6) is 5.75 Å². The van der Waals surface area contributed by atoms with Gasteiger partial charge in [0.15, 0.2) is 5.75 Å². The third kappa shape index (κ3) is 2.05. The van der Waals surface area contributed by atoms with Crippen LogP contribution < -0.4 is 10.5 Å². The minimum absolute atomic E-state index is 0.206. The normalized spacial score (nSPS) is 26.1. The van der Waals surface area contributed by atoms with Crippen LogP contribution in [0.25, 0.3) is 0 Å². The number of rotatable bonds is 4. The lowest BCUT2D eigenvalue weighted by atomic mass is 9.91. The van der Waals surface area contributed by atoms with Crippen molar-refractivity contribution in [2.45, 2.75) is 44.9 Å². The predicted octanol–water partition coefficient (Wildman–Crippen LogP) is 1.48. The van der Waals surface area contributed by atoms with Gasteiger partial charge in [-0.2, -0.15) is 5.10 Å². The van der Waals surface area contributed by atoms with Gasteiger partial charge in [0, 0.05) is 13.2 Å². The minimum Gasteiger partial charge on any atom is -0.493 e. The van der Waals surface area contributed by atoms with E-state index < -0.39 is 0 Å². The van der Waals surface area contributed by atoms with E-state index in [1.165, 1.54) is 0 Å². The lowest BCUT2D eigenvalue weighted by Crippen LogP contribution is -2.39. The standard InChI is InChI=1S/C12H21N3O2/c1-4-15-10(9(16-3)8-14-15)11(13)12(2)6-5-7-17-12/h8,11H,4-7,13H2,1-3H3. The largest absolute Gasteiger partial charge is 0.493 e. The van der Waals surface area contributed by atoms with Gasteiger partial charge in [-0.25, -0.2) is 0 Å². The number of hydrogen-bond donors (Lipinski definition) is 1. The highest BCUT2D eigenvalue weighted by atomic mass is 16.5. The number of aromatic nitrogens is 2. The third-order valence-corrected chi connectivity index (χ3v) is 3.57. The second kappa shape index (κ2) is 4.66. The zero-order chi connectivity index (χ0) is 12.5. The number of methoxy groups -OCH3 is 1. The van der Waals surface area contributed by atoms with E-state index in [4.69, 9.17) is 15.2 Å². The fourth-order valence-corrected chi connectivity index (χ4v) is 2.44. The molecule has 0 aliphatic carbocycles. The monoisotopic (exact) mass is 239 g/mol. The van der Waals surface area contributed by atoms with Crippen molar-refractivity contribution in [2.24, 2.45) is 5.73 Å². The Morgan fingerprint density at radius 1 is 1.71 bits per heavy atom. The van der Waals surface area contributed by atoms with Crippen LogP contribution in [0.4, 0.5) is 0 Å². The van der Waals surface area contributed by atoms with Gasteiger partial charge in [-0.15, -0.1) is 0 Å². The second-order valence-electron chi connectivity index (χ2n) is 4.66. The predicted molar refractivity (Wildman–Crippen MR) is 65.0 cm³/mol. The Balaban J connectivity index is 2.34. The SMILES string of the molecule is CCn1ncc(OC)c1C(N)C1(C)CCCO1. The van der Waals surface area contributed by atoms with E-state index in [0.717, 1.165) is 37.4 Å². The van der Waals surface area contributed by atoms with Crippen LogP contribution in [0.2, 0.25) is 0 Å². The Morgan fingerprint density at radius 3 is 3.00 bits per heavy atom. The molecule has 0 spiro atoms. The highest BCUT2D eigenvalue weighted by Gasteiger charge is 2.40. The molecule has 96 valence electrons. The Morgan fingerprint density at radius 2 is 2.47 bits per heavy atom. The van der Waals surface area contributed by atoms with Crippen molar-refractivity contribution in [3.8, 4) is 5.75 Å². The molecule has 5 heteroatoms. The van der Waals surface area contributed by atoms with Crippen LogP contribution in [-0.4, -0.2) is 29.1 Å². The highest BCUT2D eigenvalue weighted by molar-refractivity contribution is 5.30. The Hall–Kier alpha value is -1.07. The number of hydrogen-bond acceptors (Lipinski definition) is 4. The lowest BCUT2D eigenvalue weighted by Gasteiger charge is -2.31. The molecular weight excluding hydrogens is 218 g/mol. The van der Waals surface area contributed by atoms with Crippen molar-refractivity contribution in [3.05, 3.63) is 11.9 Å². The second-order valence-corrected chi connectivity index (χ2v) is 4.66.